The van der Waals surface area contributed by atoms with Crippen LogP contribution in [-0.4, -0.2) is 34.8 Å². The van der Waals surface area contributed by atoms with Crippen molar-refractivity contribution in [2.45, 2.75) is 31.3 Å². The lowest BCUT2D eigenvalue weighted by molar-refractivity contribution is -0.116. The van der Waals surface area contributed by atoms with E-state index < -0.39 is 11.6 Å². The summed E-state index contributed by atoms with van der Waals surface area (Å²) in [5, 5.41) is 18.3. The van der Waals surface area contributed by atoms with E-state index in [4.69, 9.17) is 11.2 Å². The number of nitrogens with zero attached hydrogens (tertiary/aromatic N) is 3. The van der Waals surface area contributed by atoms with E-state index in [1.54, 1.807) is 18.3 Å². The number of benzene rings is 1. The summed E-state index contributed by atoms with van der Waals surface area (Å²) in [4.78, 5) is 24.3. The summed E-state index contributed by atoms with van der Waals surface area (Å²) in [6.07, 6.45) is 8.79. The highest BCUT2D eigenvalue weighted by molar-refractivity contribution is 6.05. The van der Waals surface area contributed by atoms with Gasteiger partial charge in [0.15, 0.2) is 5.66 Å². The van der Waals surface area contributed by atoms with Gasteiger partial charge < -0.3 is 10.1 Å². The third-order valence-electron chi connectivity index (χ3n) is 4.06. The van der Waals surface area contributed by atoms with Gasteiger partial charge in [-0.05, 0) is 12.1 Å². The van der Waals surface area contributed by atoms with Crippen LogP contribution in [0.5, 0.6) is 0 Å². The molecule has 1 aromatic heterocycles. The van der Waals surface area contributed by atoms with Crippen molar-refractivity contribution in [2.75, 3.05) is 12.4 Å². The van der Waals surface area contributed by atoms with E-state index in [1.165, 1.54) is 7.11 Å². The summed E-state index contributed by atoms with van der Waals surface area (Å²) >= 11 is 0. The maximum atomic E-state index is 12.3. The summed E-state index contributed by atoms with van der Waals surface area (Å²) in [6.45, 7) is 0. The van der Waals surface area contributed by atoms with Crippen LogP contribution >= 0.6 is 0 Å². The number of esters is 1. The molecule has 0 bridgehead atoms. The Morgan fingerprint density at radius 3 is 2.84 bits per heavy atom. The molecule has 3 rings (SSSR count). The minimum atomic E-state index is -0.538. The van der Waals surface area contributed by atoms with Gasteiger partial charge in [-0.15, -0.1) is 12.3 Å². The van der Waals surface area contributed by atoms with Gasteiger partial charge in [0.05, 0.1) is 30.1 Å². The molecule has 1 aromatic carbocycles. The molecule has 0 saturated heterocycles. The van der Waals surface area contributed by atoms with Crippen LogP contribution in [0.25, 0.3) is 10.9 Å². The van der Waals surface area contributed by atoms with Crippen LogP contribution in [0.2, 0.25) is 0 Å². The van der Waals surface area contributed by atoms with E-state index in [2.05, 4.69) is 31.7 Å². The second-order valence-corrected chi connectivity index (χ2v) is 5.78. The largest absolute Gasteiger partial charge is 0.465 e. The summed E-state index contributed by atoms with van der Waals surface area (Å²) in [6, 6.07) is 3.28. The third kappa shape index (κ3) is 3.66. The van der Waals surface area contributed by atoms with Gasteiger partial charge in [-0.3, -0.25) is 9.89 Å². The van der Waals surface area contributed by atoms with Crippen LogP contribution in [0.1, 0.15) is 36.0 Å². The van der Waals surface area contributed by atoms with Crippen molar-refractivity contribution < 1.29 is 14.3 Å². The summed E-state index contributed by atoms with van der Waals surface area (Å²) < 4.78 is 4.78. The molecule has 8 nitrogen and oxygen atoms in total. The van der Waals surface area contributed by atoms with Gasteiger partial charge in [0.25, 0.3) is 0 Å². The van der Waals surface area contributed by atoms with Crippen molar-refractivity contribution in [3.05, 3.63) is 23.9 Å². The fourth-order valence-electron chi connectivity index (χ4n) is 2.57. The maximum absolute atomic E-state index is 12.3. The number of fused-ring (bicyclic) bond motifs is 1. The van der Waals surface area contributed by atoms with Gasteiger partial charge in [0, 0.05) is 31.1 Å². The van der Waals surface area contributed by atoms with E-state index in [0.29, 0.717) is 30.5 Å². The highest BCUT2D eigenvalue weighted by Gasteiger charge is 2.39. The Morgan fingerprint density at radius 2 is 2.16 bits per heavy atom. The number of amides is 1. The van der Waals surface area contributed by atoms with Gasteiger partial charge in [-0.1, -0.05) is 0 Å². The molecule has 1 aliphatic heterocycles. The molecule has 8 heteroatoms. The smallest absolute Gasteiger partial charge is 0.340 e. The average molecular weight is 339 g/mol. The molecular weight excluding hydrogens is 322 g/mol. The molecule has 2 aromatic rings. The third-order valence-corrected chi connectivity index (χ3v) is 4.06. The Morgan fingerprint density at radius 1 is 1.36 bits per heavy atom. The quantitative estimate of drug-likeness (QED) is 0.597. The Hall–Kier alpha value is -3.21. The molecule has 0 radical (unpaired) electrons. The van der Waals surface area contributed by atoms with Crippen LogP contribution in [0.3, 0.4) is 0 Å². The van der Waals surface area contributed by atoms with Crippen molar-refractivity contribution >= 4 is 28.5 Å². The number of carbonyl (C=O) groups excluding carboxylic acids is 2. The van der Waals surface area contributed by atoms with Gasteiger partial charge in [-0.25, -0.2) is 4.79 Å². The minimum Gasteiger partial charge on any atom is -0.465 e. The fraction of sp³-hybridized carbons (Fsp3) is 0.353. The number of methoxy groups -OCH3 is 1. The predicted octanol–water partition coefficient (Wildman–Crippen LogP) is 2.64. The number of anilines is 1. The zero-order valence-electron chi connectivity index (χ0n) is 13.7. The zero-order valence-corrected chi connectivity index (χ0v) is 13.7. The SMILES string of the molecule is C#CCCC1(CCC(=O)Nc2cc3cn[nH]c3cc2C(=O)OC)N=N1. The Kier molecular flexibility index (Phi) is 4.48. The molecule has 0 atom stereocenters. The molecule has 0 saturated carbocycles. The lowest BCUT2D eigenvalue weighted by atomic mass is 10.0. The molecule has 2 N–H and O–H groups in total. The Labute approximate surface area is 144 Å². The second kappa shape index (κ2) is 6.73. The Balaban J connectivity index is 1.70. The van der Waals surface area contributed by atoms with E-state index in [-0.39, 0.29) is 17.9 Å². The van der Waals surface area contributed by atoms with E-state index in [9.17, 15) is 9.59 Å². The number of aromatic nitrogens is 2. The van der Waals surface area contributed by atoms with Crippen LogP contribution in [0.4, 0.5) is 5.69 Å². The van der Waals surface area contributed by atoms with Gasteiger partial charge in [-0.2, -0.15) is 15.3 Å². The van der Waals surface area contributed by atoms with Crippen molar-refractivity contribution in [3.63, 3.8) is 0 Å². The first-order valence-corrected chi connectivity index (χ1v) is 7.80. The normalized spacial score (nSPS) is 14.1. The van der Waals surface area contributed by atoms with E-state index in [0.717, 1.165) is 5.39 Å². The second-order valence-electron chi connectivity index (χ2n) is 5.78. The highest BCUT2D eigenvalue weighted by atomic mass is 16.5. The summed E-state index contributed by atoms with van der Waals surface area (Å²) in [5.74, 6) is 1.78. The average Bonchev–Trinajstić information content (AvgIpc) is 3.25. The first kappa shape index (κ1) is 16.6. The highest BCUT2D eigenvalue weighted by Crippen LogP contribution is 2.37. The molecule has 0 spiro atoms. The molecule has 0 unspecified atom stereocenters. The molecular formula is C17H17N5O3. The summed E-state index contributed by atoms with van der Waals surface area (Å²) in [5.41, 5.74) is 0.814. The lowest BCUT2D eigenvalue weighted by Gasteiger charge is -2.12. The number of hydrogen-bond donors (Lipinski definition) is 2. The number of rotatable bonds is 7. The monoisotopic (exact) mass is 339 g/mol. The molecule has 25 heavy (non-hydrogen) atoms. The van der Waals surface area contributed by atoms with E-state index >= 15 is 0 Å². The molecule has 1 aliphatic rings. The van der Waals surface area contributed by atoms with Crippen molar-refractivity contribution in [2.24, 2.45) is 10.2 Å². The topological polar surface area (TPSA) is 109 Å². The zero-order chi connectivity index (χ0) is 17.9. The standard InChI is InChI=1S/C17H17N5O3/c1-3-4-6-17(21-22-17)7-5-15(23)19-14-8-11-10-18-20-13(11)9-12(14)16(24)25-2/h1,8-10H,4-7H2,2H3,(H,18,20)(H,19,23). The molecule has 128 valence electrons. The van der Waals surface area contributed by atoms with Crippen molar-refractivity contribution in [1.29, 1.82) is 0 Å². The molecule has 0 fully saturated rings. The van der Waals surface area contributed by atoms with Gasteiger partial charge in [0.2, 0.25) is 5.91 Å². The van der Waals surface area contributed by atoms with E-state index in [1.807, 2.05) is 0 Å². The molecule has 1 amide bonds. The van der Waals surface area contributed by atoms with Crippen LogP contribution < -0.4 is 5.32 Å². The van der Waals surface area contributed by atoms with Crippen LogP contribution in [-0.2, 0) is 9.53 Å². The number of nitrogens with one attached hydrogen (secondary N) is 2. The van der Waals surface area contributed by atoms with Crippen LogP contribution in [0, 0.1) is 12.3 Å². The first-order valence-electron chi connectivity index (χ1n) is 7.80. The number of aromatic amines is 1. The minimum absolute atomic E-state index is 0.224. The number of terminal acetylenes is 1. The summed E-state index contributed by atoms with van der Waals surface area (Å²) in [7, 11) is 1.29. The number of hydrogen-bond acceptors (Lipinski definition) is 6. The lowest BCUT2D eigenvalue weighted by Crippen LogP contribution is -2.19. The number of carbonyl (C=O) groups is 2. The fourth-order valence-corrected chi connectivity index (χ4v) is 2.57. The predicted molar refractivity (Wildman–Crippen MR) is 91.0 cm³/mol. The Bertz CT molecular complexity index is 887. The molecule has 0 aliphatic carbocycles. The van der Waals surface area contributed by atoms with Crippen molar-refractivity contribution in [3.8, 4) is 12.3 Å². The number of H-pyrrole nitrogens is 1. The van der Waals surface area contributed by atoms with Gasteiger partial charge in [0.1, 0.15) is 0 Å². The number of ether oxygens (including phenoxy) is 1. The van der Waals surface area contributed by atoms with Crippen molar-refractivity contribution in [1.82, 2.24) is 10.2 Å². The maximum Gasteiger partial charge on any atom is 0.340 e. The van der Waals surface area contributed by atoms with Crippen LogP contribution in [0.15, 0.2) is 28.6 Å². The first-order chi connectivity index (χ1) is 12.1. The van der Waals surface area contributed by atoms with Gasteiger partial charge >= 0.3 is 5.97 Å². The molecule has 2 heterocycles.